The zero-order valence-electron chi connectivity index (χ0n) is 6.39. The quantitative estimate of drug-likeness (QED) is 0.467. The lowest BCUT2D eigenvalue weighted by Crippen LogP contribution is -2.16. The molecule has 0 aliphatic rings. The fourth-order valence-corrected chi connectivity index (χ4v) is 0.572. The van der Waals surface area contributed by atoms with Crippen molar-refractivity contribution in [3.8, 4) is 0 Å². The van der Waals surface area contributed by atoms with Crippen LogP contribution in [0.1, 0.15) is 20.3 Å². The van der Waals surface area contributed by atoms with Crippen LogP contribution in [0.25, 0.3) is 0 Å². The summed E-state index contributed by atoms with van der Waals surface area (Å²) in [6.45, 7) is 4.21. The summed E-state index contributed by atoms with van der Waals surface area (Å²) < 4.78 is 4.93. The molecule has 0 aromatic carbocycles. The predicted octanol–water partition coefficient (Wildman–Crippen LogP) is 0.802. The molecule has 10 heavy (non-hydrogen) atoms. The monoisotopic (exact) mass is 143 g/mol. The van der Waals surface area contributed by atoms with Gasteiger partial charge in [-0.25, -0.2) is 0 Å². The molecule has 0 bridgehead atoms. The largest absolute Gasteiger partial charge is 0.488 e. The van der Waals surface area contributed by atoms with E-state index in [2.05, 4.69) is 0 Å². The first kappa shape index (κ1) is 9.01. The fraction of sp³-hybridized carbons (Fsp3) is 0.571. The minimum Gasteiger partial charge on any atom is -0.488 e. The molecule has 0 aliphatic heterocycles. The van der Waals surface area contributed by atoms with E-state index < -0.39 is 5.91 Å². The van der Waals surface area contributed by atoms with Gasteiger partial charge in [-0.1, -0.05) is 6.92 Å². The Morgan fingerprint density at radius 2 is 2.20 bits per heavy atom. The van der Waals surface area contributed by atoms with Crippen LogP contribution in [0.15, 0.2) is 11.8 Å². The third kappa shape index (κ3) is 3.12. The maximum absolute atomic E-state index is 10.5. The van der Waals surface area contributed by atoms with E-state index >= 15 is 0 Å². The molecular weight excluding hydrogens is 130 g/mol. The minimum absolute atomic E-state index is 0.269. The third-order valence-electron chi connectivity index (χ3n) is 0.932. The summed E-state index contributed by atoms with van der Waals surface area (Å²) in [7, 11) is 0. The molecule has 3 nitrogen and oxygen atoms in total. The highest BCUT2D eigenvalue weighted by atomic mass is 16.5. The number of allylic oxidation sites excluding steroid dienone is 1. The number of amides is 1. The van der Waals surface area contributed by atoms with E-state index in [9.17, 15) is 4.79 Å². The number of ether oxygens (including phenoxy) is 1. The smallest absolute Gasteiger partial charge is 0.283 e. The standard InChI is InChI=1S/C7H13NO2/c1-3-5-6(7(8)9)10-4-2/h5H,3-4H2,1-2H3,(H2,8,9)/b6-5-. The SMILES string of the molecule is CC/C=C(\OCC)C(N)=O. The summed E-state index contributed by atoms with van der Waals surface area (Å²) in [5, 5.41) is 0. The van der Waals surface area contributed by atoms with Gasteiger partial charge in [0.05, 0.1) is 6.61 Å². The lowest BCUT2D eigenvalue weighted by molar-refractivity contribution is -0.117. The molecule has 0 spiro atoms. The molecule has 0 fully saturated rings. The average molecular weight is 143 g/mol. The fourth-order valence-electron chi connectivity index (χ4n) is 0.572. The van der Waals surface area contributed by atoms with Crippen molar-refractivity contribution in [1.29, 1.82) is 0 Å². The maximum atomic E-state index is 10.5. The van der Waals surface area contributed by atoms with Gasteiger partial charge in [-0.2, -0.15) is 0 Å². The second-order valence-electron chi connectivity index (χ2n) is 1.77. The molecule has 58 valence electrons. The van der Waals surface area contributed by atoms with E-state index in [1.165, 1.54) is 0 Å². The van der Waals surface area contributed by atoms with Crippen molar-refractivity contribution in [2.24, 2.45) is 5.73 Å². The molecular formula is C7H13NO2. The van der Waals surface area contributed by atoms with Gasteiger partial charge < -0.3 is 10.5 Å². The van der Waals surface area contributed by atoms with Gasteiger partial charge in [0.2, 0.25) is 0 Å². The van der Waals surface area contributed by atoms with Crippen LogP contribution in [0.5, 0.6) is 0 Å². The zero-order valence-corrected chi connectivity index (χ0v) is 6.39. The third-order valence-corrected chi connectivity index (χ3v) is 0.932. The highest BCUT2D eigenvalue weighted by Crippen LogP contribution is 1.96. The molecule has 0 saturated heterocycles. The number of nitrogens with two attached hydrogens (primary N) is 1. The molecule has 0 aromatic rings. The maximum Gasteiger partial charge on any atom is 0.283 e. The summed E-state index contributed by atoms with van der Waals surface area (Å²) >= 11 is 0. The van der Waals surface area contributed by atoms with E-state index in [0.717, 1.165) is 6.42 Å². The van der Waals surface area contributed by atoms with Crippen molar-refractivity contribution in [1.82, 2.24) is 0 Å². The van der Waals surface area contributed by atoms with E-state index in [4.69, 9.17) is 10.5 Å². The summed E-state index contributed by atoms with van der Waals surface area (Å²) in [4.78, 5) is 10.5. The lowest BCUT2D eigenvalue weighted by Gasteiger charge is -2.02. The van der Waals surface area contributed by atoms with Crippen molar-refractivity contribution in [3.63, 3.8) is 0 Å². The molecule has 0 aromatic heterocycles. The Balaban J connectivity index is 3.98. The highest BCUT2D eigenvalue weighted by molar-refractivity contribution is 5.89. The molecule has 0 atom stereocenters. The normalized spacial score (nSPS) is 11.2. The average Bonchev–Trinajstić information content (AvgIpc) is 1.87. The number of hydrogen-bond acceptors (Lipinski definition) is 2. The van der Waals surface area contributed by atoms with E-state index in [1.54, 1.807) is 6.08 Å². The first-order valence-corrected chi connectivity index (χ1v) is 3.35. The summed E-state index contributed by atoms with van der Waals surface area (Å²) in [5.74, 6) is -0.228. The molecule has 1 amide bonds. The number of carbonyl (C=O) groups is 1. The Morgan fingerprint density at radius 3 is 2.50 bits per heavy atom. The minimum atomic E-state index is -0.497. The van der Waals surface area contributed by atoms with Gasteiger partial charge in [-0.3, -0.25) is 4.79 Å². The zero-order chi connectivity index (χ0) is 7.98. The second-order valence-corrected chi connectivity index (χ2v) is 1.77. The van der Waals surface area contributed by atoms with Crippen LogP contribution in [-0.2, 0) is 9.53 Å². The van der Waals surface area contributed by atoms with E-state index in [0.29, 0.717) is 6.61 Å². The number of primary amides is 1. The van der Waals surface area contributed by atoms with Gasteiger partial charge in [0.1, 0.15) is 0 Å². The Kier molecular flexibility index (Phi) is 4.37. The van der Waals surface area contributed by atoms with Crippen LogP contribution < -0.4 is 5.73 Å². The second kappa shape index (κ2) is 4.85. The van der Waals surface area contributed by atoms with Gasteiger partial charge in [0.25, 0.3) is 5.91 Å². The Bertz CT molecular complexity index is 141. The Labute approximate surface area is 60.9 Å². The first-order chi connectivity index (χ1) is 4.72. The van der Waals surface area contributed by atoms with Gasteiger partial charge in [-0.05, 0) is 19.4 Å². The van der Waals surface area contributed by atoms with Crippen LogP contribution in [0.2, 0.25) is 0 Å². The molecule has 0 aliphatic carbocycles. The number of hydrogen-bond donors (Lipinski definition) is 1. The lowest BCUT2D eigenvalue weighted by atomic mass is 10.3. The Morgan fingerprint density at radius 1 is 1.60 bits per heavy atom. The number of carbonyl (C=O) groups excluding carboxylic acids is 1. The summed E-state index contributed by atoms with van der Waals surface area (Å²) in [6.07, 6.45) is 2.43. The summed E-state index contributed by atoms with van der Waals surface area (Å²) in [5.41, 5.74) is 4.98. The molecule has 0 radical (unpaired) electrons. The molecule has 2 N–H and O–H groups in total. The molecule has 0 saturated carbocycles. The number of rotatable bonds is 4. The van der Waals surface area contributed by atoms with Crippen molar-refractivity contribution in [3.05, 3.63) is 11.8 Å². The first-order valence-electron chi connectivity index (χ1n) is 3.35. The van der Waals surface area contributed by atoms with Crippen LogP contribution in [-0.4, -0.2) is 12.5 Å². The van der Waals surface area contributed by atoms with Crippen molar-refractivity contribution in [2.75, 3.05) is 6.61 Å². The molecule has 0 heterocycles. The topological polar surface area (TPSA) is 52.3 Å². The van der Waals surface area contributed by atoms with Gasteiger partial charge in [0, 0.05) is 0 Å². The van der Waals surface area contributed by atoms with Crippen molar-refractivity contribution in [2.45, 2.75) is 20.3 Å². The Hall–Kier alpha value is -0.990. The molecule has 0 rings (SSSR count). The van der Waals surface area contributed by atoms with Gasteiger partial charge in [-0.15, -0.1) is 0 Å². The van der Waals surface area contributed by atoms with Crippen LogP contribution in [0.3, 0.4) is 0 Å². The van der Waals surface area contributed by atoms with Crippen molar-refractivity contribution < 1.29 is 9.53 Å². The van der Waals surface area contributed by atoms with Gasteiger partial charge >= 0.3 is 0 Å². The van der Waals surface area contributed by atoms with Crippen LogP contribution >= 0.6 is 0 Å². The van der Waals surface area contributed by atoms with Crippen LogP contribution in [0.4, 0.5) is 0 Å². The predicted molar refractivity (Wildman–Crippen MR) is 39.2 cm³/mol. The molecule has 0 unspecified atom stereocenters. The highest BCUT2D eigenvalue weighted by Gasteiger charge is 2.01. The summed E-state index contributed by atoms with van der Waals surface area (Å²) in [6, 6.07) is 0. The van der Waals surface area contributed by atoms with Crippen molar-refractivity contribution >= 4 is 5.91 Å². The van der Waals surface area contributed by atoms with Gasteiger partial charge in [0.15, 0.2) is 5.76 Å². The molecule has 3 heteroatoms. The van der Waals surface area contributed by atoms with E-state index in [1.807, 2.05) is 13.8 Å². The van der Waals surface area contributed by atoms with E-state index in [-0.39, 0.29) is 5.76 Å². The van der Waals surface area contributed by atoms with Crippen LogP contribution in [0, 0.1) is 0 Å².